The molecule has 0 unspecified atom stereocenters. The van der Waals surface area contributed by atoms with Gasteiger partial charge in [-0.15, -0.1) is 0 Å². The molecule has 1 fully saturated rings. The molecule has 3 rings (SSSR count). The zero-order chi connectivity index (χ0) is 13.1. The third-order valence-corrected chi connectivity index (χ3v) is 3.77. The fourth-order valence-electron chi connectivity index (χ4n) is 2.81. The lowest BCUT2D eigenvalue weighted by Crippen LogP contribution is -2.46. The van der Waals surface area contributed by atoms with Crippen LogP contribution in [0.25, 0.3) is 0 Å². The monoisotopic (exact) mass is 244 g/mol. The summed E-state index contributed by atoms with van der Waals surface area (Å²) in [5.41, 5.74) is 0.959. The summed E-state index contributed by atoms with van der Waals surface area (Å²) in [5.74, 6) is -0.961. The Morgan fingerprint density at radius 1 is 1.28 bits per heavy atom. The average molecular weight is 244 g/mol. The van der Waals surface area contributed by atoms with E-state index in [-0.39, 0.29) is 18.2 Å². The van der Waals surface area contributed by atoms with Crippen LogP contribution in [0.15, 0.2) is 18.2 Å². The molecule has 1 aromatic rings. The summed E-state index contributed by atoms with van der Waals surface area (Å²) >= 11 is 0. The van der Waals surface area contributed by atoms with Crippen molar-refractivity contribution in [2.75, 3.05) is 7.05 Å². The van der Waals surface area contributed by atoms with Crippen LogP contribution in [-0.2, 0) is 15.1 Å². The highest BCUT2D eigenvalue weighted by Crippen LogP contribution is 2.43. The van der Waals surface area contributed by atoms with E-state index in [1.54, 1.807) is 19.2 Å². The minimum Gasteiger partial charge on any atom is -0.323 e. The van der Waals surface area contributed by atoms with E-state index in [4.69, 9.17) is 0 Å². The Hall–Kier alpha value is -2.17. The number of imide groups is 1. The molecule has 5 heteroatoms. The van der Waals surface area contributed by atoms with Crippen LogP contribution in [0.5, 0.6) is 0 Å². The van der Waals surface area contributed by atoms with Crippen LogP contribution >= 0.6 is 0 Å². The van der Waals surface area contributed by atoms with Crippen molar-refractivity contribution in [2.45, 2.75) is 18.9 Å². The Labute approximate surface area is 104 Å². The molecule has 2 aliphatic heterocycles. The van der Waals surface area contributed by atoms with Crippen molar-refractivity contribution in [3.63, 3.8) is 0 Å². The summed E-state index contributed by atoms with van der Waals surface area (Å²) in [4.78, 5) is 37.1. The van der Waals surface area contributed by atoms with Gasteiger partial charge in [0, 0.05) is 18.2 Å². The second-order valence-electron chi connectivity index (χ2n) is 4.83. The Morgan fingerprint density at radius 3 is 2.61 bits per heavy atom. The maximum Gasteiger partial charge on any atom is 0.257 e. The summed E-state index contributed by atoms with van der Waals surface area (Å²) in [5, 5.41) is 2.28. The van der Waals surface area contributed by atoms with Crippen molar-refractivity contribution < 1.29 is 14.4 Å². The molecule has 1 aromatic carbocycles. The molecule has 5 nitrogen and oxygen atoms in total. The van der Waals surface area contributed by atoms with Crippen molar-refractivity contribution in [1.29, 1.82) is 0 Å². The van der Waals surface area contributed by atoms with Crippen LogP contribution < -0.4 is 5.32 Å². The lowest BCUT2D eigenvalue weighted by molar-refractivity contribution is -0.128. The van der Waals surface area contributed by atoms with Crippen LogP contribution in [0.4, 0.5) is 0 Å². The van der Waals surface area contributed by atoms with Gasteiger partial charge in [0.1, 0.15) is 0 Å². The van der Waals surface area contributed by atoms with Crippen molar-refractivity contribution in [3.05, 3.63) is 34.9 Å². The van der Waals surface area contributed by atoms with E-state index in [0.717, 1.165) is 5.56 Å². The summed E-state index contributed by atoms with van der Waals surface area (Å²) in [6.45, 7) is 1.89. The third kappa shape index (κ3) is 1.08. The second kappa shape index (κ2) is 3.19. The van der Waals surface area contributed by atoms with Gasteiger partial charge in [-0.05, 0) is 13.0 Å². The number of hydrogen-bond donors (Lipinski definition) is 1. The molecule has 1 atom stereocenters. The van der Waals surface area contributed by atoms with Gasteiger partial charge in [-0.1, -0.05) is 17.7 Å². The normalized spacial score (nSPS) is 25.9. The van der Waals surface area contributed by atoms with Crippen LogP contribution in [0.3, 0.4) is 0 Å². The van der Waals surface area contributed by atoms with E-state index in [1.807, 2.05) is 13.0 Å². The van der Waals surface area contributed by atoms with Crippen LogP contribution in [0.1, 0.15) is 27.9 Å². The van der Waals surface area contributed by atoms with Crippen LogP contribution in [0.2, 0.25) is 0 Å². The van der Waals surface area contributed by atoms with Gasteiger partial charge in [-0.3, -0.25) is 19.7 Å². The van der Waals surface area contributed by atoms with Gasteiger partial charge in [-0.2, -0.15) is 0 Å². The number of benzene rings is 1. The van der Waals surface area contributed by atoms with E-state index < -0.39 is 11.4 Å². The SMILES string of the molecule is Cc1ccc2c(c1)C(=O)N(C)[C@]21CC(=O)NC1=O. The molecular formula is C13H12N2O3. The van der Waals surface area contributed by atoms with Crippen molar-refractivity contribution in [1.82, 2.24) is 10.2 Å². The quantitative estimate of drug-likeness (QED) is 0.668. The van der Waals surface area contributed by atoms with E-state index >= 15 is 0 Å². The summed E-state index contributed by atoms with van der Waals surface area (Å²) in [6.07, 6.45) is 0.00410. The third-order valence-electron chi connectivity index (χ3n) is 3.77. The predicted octanol–water partition coefficient (Wildman–Crippen LogP) is 0.322. The molecule has 92 valence electrons. The molecule has 0 aromatic heterocycles. The first-order chi connectivity index (χ1) is 8.46. The highest BCUT2D eigenvalue weighted by Gasteiger charge is 2.58. The molecule has 3 amide bonds. The molecule has 18 heavy (non-hydrogen) atoms. The van der Waals surface area contributed by atoms with Gasteiger partial charge in [0.2, 0.25) is 5.91 Å². The average Bonchev–Trinajstić information content (AvgIpc) is 2.72. The number of nitrogens with one attached hydrogen (secondary N) is 1. The number of rotatable bonds is 0. The maximum atomic E-state index is 12.2. The number of carbonyl (C=O) groups excluding carboxylic acids is 3. The fourth-order valence-corrected chi connectivity index (χ4v) is 2.81. The smallest absolute Gasteiger partial charge is 0.257 e. The van der Waals surface area contributed by atoms with E-state index in [1.165, 1.54) is 4.90 Å². The molecule has 1 saturated heterocycles. The number of aryl methyl sites for hydroxylation is 1. The van der Waals surface area contributed by atoms with Crippen LogP contribution in [0, 0.1) is 6.92 Å². The van der Waals surface area contributed by atoms with Gasteiger partial charge in [0.05, 0.1) is 6.42 Å². The number of carbonyl (C=O) groups is 3. The van der Waals surface area contributed by atoms with Crippen LogP contribution in [-0.4, -0.2) is 29.7 Å². The number of fused-ring (bicyclic) bond motifs is 2. The largest absolute Gasteiger partial charge is 0.323 e. The number of likely N-dealkylation sites (N-methyl/N-ethyl adjacent to an activating group) is 1. The zero-order valence-electron chi connectivity index (χ0n) is 10.1. The van der Waals surface area contributed by atoms with E-state index in [0.29, 0.717) is 11.1 Å². The standard InChI is InChI=1S/C13H12N2O3/c1-7-3-4-9-8(5-7)11(17)15(2)13(9)6-10(16)14-12(13)18/h3-5H,6H2,1-2H3,(H,14,16,18)/t13-/m1/s1. The first-order valence-corrected chi connectivity index (χ1v) is 5.70. The Kier molecular flexibility index (Phi) is 1.94. The molecule has 2 heterocycles. The molecule has 0 aliphatic carbocycles. The molecule has 0 saturated carbocycles. The molecular weight excluding hydrogens is 232 g/mol. The lowest BCUT2D eigenvalue weighted by atomic mass is 9.87. The summed E-state index contributed by atoms with van der Waals surface area (Å²) in [6, 6.07) is 5.38. The molecule has 0 radical (unpaired) electrons. The Balaban J connectivity index is 2.28. The molecule has 1 spiro atoms. The van der Waals surface area contributed by atoms with Crippen molar-refractivity contribution >= 4 is 17.7 Å². The number of nitrogens with zero attached hydrogens (tertiary/aromatic N) is 1. The minimum absolute atomic E-state index is 0.00410. The number of hydrogen-bond acceptors (Lipinski definition) is 3. The number of amides is 3. The second-order valence-corrected chi connectivity index (χ2v) is 4.83. The highest BCUT2D eigenvalue weighted by atomic mass is 16.2. The van der Waals surface area contributed by atoms with Gasteiger partial charge in [-0.25, -0.2) is 0 Å². The minimum atomic E-state index is -1.14. The first kappa shape index (κ1) is 11.0. The molecule has 0 bridgehead atoms. The predicted molar refractivity (Wildman–Crippen MR) is 62.7 cm³/mol. The fraction of sp³-hybridized carbons (Fsp3) is 0.308. The van der Waals surface area contributed by atoms with Crippen molar-refractivity contribution in [3.8, 4) is 0 Å². The topological polar surface area (TPSA) is 66.5 Å². The van der Waals surface area contributed by atoms with E-state index in [9.17, 15) is 14.4 Å². The first-order valence-electron chi connectivity index (χ1n) is 5.70. The maximum absolute atomic E-state index is 12.2. The molecule has 1 N–H and O–H groups in total. The van der Waals surface area contributed by atoms with Crippen molar-refractivity contribution in [2.24, 2.45) is 0 Å². The Morgan fingerprint density at radius 2 is 2.00 bits per heavy atom. The van der Waals surface area contributed by atoms with Gasteiger partial charge in [0.25, 0.3) is 11.8 Å². The highest BCUT2D eigenvalue weighted by molar-refractivity contribution is 6.15. The zero-order valence-corrected chi connectivity index (χ0v) is 10.1. The van der Waals surface area contributed by atoms with Gasteiger partial charge in [0.15, 0.2) is 5.54 Å². The van der Waals surface area contributed by atoms with Gasteiger partial charge >= 0.3 is 0 Å². The molecule has 2 aliphatic rings. The summed E-state index contributed by atoms with van der Waals surface area (Å²) in [7, 11) is 1.57. The lowest BCUT2D eigenvalue weighted by Gasteiger charge is -2.28. The van der Waals surface area contributed by atoms with E-state index in [2.05, 4.69) is 5.32 Å². The summed E-state index contributed by atoms with van der Waals surface area (Å²) < 4.78 is 0. The van der Waals surface area contributed by atoms with Gasteiger partial charge < -0.3 is 4.90 Å². The Bertz CT molecular complexity index is 608.